The van der Waals surface area contributed by atoms with E-state index in [1.54, 1.807) is 29.2 Å². The van der Waals surface area contributed by atoms with E-state index in [0.717, 1.165) is 24.2 Å². The molecule has 0 aromatic heterocycles. The van der Waals surface area contributed by atoms with Crippen molar-refractivity contribution in [3.63, 3.8) is 0 Å². The number of nitrogens with zero attached hydrogens (tertiary/aromatic N) is 2. The van der Waals surface area contributed by atoms with Crippen molar-refractivity contribution < 1.29 is 24.2 Å². The Bertz CT molecular complexity index is 1310. The van der Waals surface area contributed by atoms with E-state index in [2.05, 4.69) is 11.0 Å². The van der Waals surface area contributed by atoms with Crippen LogP contribution in [0, 0.1) is 6.92 Å². The van der Waals surface area contributed by atoms with Gasteiger partial charge in [0.1, 0.15) is 18.1 Å². The van der Waals surface area contributed by atoms with Crippen molar-refractivity contribution in [3.05, 3.63) is 107 Å². The van der Waals surface area contributed by atoms with Crippen molar-refractivity contribution in [2.45, 2.75) is 19.6 Å². The highest BCUT2D eigenvalue weighted by molar-refractivity contribution is 6.46. The molecule has 0 spiro atoms. The molecule has 0 radical (unpaired) electrons. The third-order valence-corrected chi connectivity index (χ3v) is 7.03. The molecule has 7 nitrogen and oxygen atoms in total. The number of rotatable bonds is 8. The fourth-order valence-electron chi connectivity index (χ4n) is 5.00. The second-order valence-corrected chi connectivity index (χ2v) is 9.66. The van der Waals surface area contributed by atoms with Crippen LogP contribution in [-0.2, 0) is 20.9 Å². The van der Waals surface area contributed by atoms with E-state index < -0.39 is 17.7 Å². The summed E-state index contributed by atoms with van der Waals surface area (Å²) in [6, 6.07) is 23.8. The number of hydrogen-bond acceptors (Lipinski definition) is 6. The summed E-state index contributed by atoms with van der Waals surface area (Å²) in [5, 5.41) is 11.3. The van der Waals surface area contributed by atoms with Crippen molar-refractivity contribution in [1.82, 2.24) is 9.80 Å². The van der Waals surface area contributed by atoms with Crippen LogP contribution in [0.1, 0.15) is 28.3 Å². The summed E-state index contributed by atoms with van der Waals surface area (Å²) in [6.45, 7) is 6.37. The van der Waals surface area contributed by atoms with Crippen LogP contribution >= 0.6 is 0 Å². The molecule has 1 amide bonds. The molecule has 7 heteroatoms. The van der Waals surface area contributed by atoms with Crippen LogP contribution in [0.3, 0.4) is 0 Å². The van der Waals surface area contributed by atoms with Gasteiger partial charge in [0, 0.05) is 31.7 Å². The number of aliphatic hydroxyl groups is 1. The Hall–Kier alpha value is -3.94. The molecule has 2 fully saturated rings. The molecule has 0 saturated carbocycles. The lowest BCUT2D eigenvalue weighted by atomic mass is 9.95. The first-order valence-corrected chi connectivity index (χ1v) is 12.9. The summed E-state index contributed by atoms with van der Waals surface area (Å²) < 4.78 is 11.3. The predicted octanol–water partition coefficient (Wildman–Crippen LogP) is 4.33. The van der Waals surface area contributed by atoms with Gasteiger partial charge >= 0.3 is 0 Å². The maximum atomic E-state index is 13.3. The molecule has 2 aliphatic rings. The first kappa shape index (κ1) is 25.7. The van der Waals surface area contributed by atoms with Gasteiger partial charge in [0.05, 0.1) is 24.8 Å². The van der Waals surface area contributed by atoms with Gasteiger partial charge in [0.2, 0.25) is 0 Å². The Labute approximate surface area is 222 Å². The van der Waals surface area contributed by atoms with Crippen molar-refractivity contribution in [2.24, 2.45) is 0 Å². The fourth-order valence-corrected chi connectivity index (χ4v) is 5.00. The van der Waals surface area contributed by atoms with Crippen LogP contribution in [0.4, 0.5) is 0 Å². The predicted molar refractivity (Wildman–Crippen MR) is 145 cm³/mol. The summed E-state index contributed by atoms with van der Waals surface area (Å²) in [5.41, 5.74) is 3.59. The maximum absolute atomic E-state index is 13.3. The lowest BCUT2D eigenvalue weighted by Gasteiger charge is -2.31. The van der Waals surface area contributed by atoms with E-state index in [1.807, 2.05) is 55.5 Å². The zero-order chi connectivity index (χ0) is 26.5. The van der Waals surface area contributed by atoms with E-state index in [1.165, 1.54) is 5.56 Å². The van der Waals surface area contributed by atoms with E-state index in [9.17, 15) is 14.7 Å². The van der Waals surface area contributed by atoms with Crippen LogP contribution in [0.2, 0.25) is 0 Å². The quantitative estimate of drug-likeness (QED) is 0.275. The van der Waals surface area contributed by atoms with Gasteiger partial charge in [0.25, 0.3) is 11.7 Å². The number of likely N-dealkylation sites (tertiary alicyclic amines) is 1. The number of benzene rings is 3. The molecule has 0 aliphatic carbocycles. The van der Waals surface area contributed by atoms with E-state index >= 15 is 0 Å². The molecule has 5 rings (SSSR count). The van der Waals surface area contributed by atoms with Gasteiger partial charge in [-0.2, -0.15) is 0 Å². The van der Waals surface area contributed by atoms with Gasteiger partial charge in [-0.1, -0.05) is 60.2 Å². The number of morpholine rings is 1. The topological polar surface area (TPSA) is 79.3 Å². The van der Waals surface area contributed by atoms with Crippen LogP contribution in [0.25, 0.3) is 5.76 Å². The molecular weight excluding hydrogens is 480 g/mol. The lowest BCUT2D eigenvalue weighted by molar-refractivity contribution is -0.140. The van der Waals surface area contributed by atoms with Crippen molar-refractivity contribution in [2.75, 3.05) is 39.4 Å². The molecule has 1 atom stereocenters. The normalized spacial score (nSPS) is 19.6. The smallest absolute Gasteiger partial charge is 0.295 e. The molecule has 1 N–H and O–H groups in total. The molecule has 38 heavy (non-hydrogen) atoms. The number of aryl methyl sites for hydroxylation is 1. The van der Waals surface area contributed by atoms with Gasteiger partial charge in [-0.15, -0.1) is 0 Å². The summed E-state index contributed by atoms with van der Waals surface area (Å²) in [7, 11) is 0. The molecule has 3 aromatic rings. The van der Waals surface area contributed by atoms with Gasteiger partial charge in [-0.3, -0.25) is 14.5 Å². The number of ether oxygens (including phenoxy) is 2. The average molecular weight is 513 g/mol. The van der Waals surface area contributed by atoms with Crippen molar-refractivity contribution >= 4 is 17.4 Å². The zero-order valence-corrected chi connectivity index (χ0v) is 21.5. The van der Waals surface area contributed by atoms with E-state index in [0.29, 0.717) is 44.2 Å². The van der Waals surface area contributed by atoms with Crippen molar-refractivity contribution in [1.29, 1.82) is 0 Å². The van der Waals surface area contributed by atoms with Crippen LogP contribution < -0.4 is 4.74 Å². The third kappa shape index (κ3) is 5.64. The molecule has 0 unspecified atom stereocenters. The van der Waals surface area contributed by atoms with Gasteiger partial charge in [-0.05, 0) is 42.3 Å². The van der Waals surface area contributed by atoms with Gasteiger partial charge < -0.3 is 19.5 Å². The SMILES string of the molecule is Cc1cccc(COc2ccc(C(O)=C3C(=O)C(=O)N(CCN4CCOCC4)[C@H]3c3ccccc3)cc2)c1. The summed E-state index contributed by atoms with van der Waals surface area (Å²) in [6.07, 6.45) is 0. The molecule has 2 aliphatic heterocycles. The Morgan fingerprint density at radius 1 is 0.947 bits per heavy atom. The van der Waals surface area contributed by atoms with E-state index in [-0.39, 0.29) is 11.3 Å². The minimum atomic E-state index is -0.668. The number of aliphatic hydroxyl groups excluding tert-OH is 1. The standard InChI is InChI=1S/C31H32N2O5/c1-22-6-5-7-23(20-22)21-38-26-12-10-25(11-13-26)29(34)27-28(24-8-3-2-4-9-24)33(31(36)30(27)35)15-14-32-16-18-37-19-17-32/h2-13,20,28,34H,14-19,21H2,1H3/t28-/m0/s1. The number of carbonyl (C=O) groups is 2. The molecule has 3 aromatic carbocycles. The minimum absolute atomic E-state index is 0.108. The van der Waals surface area contributed by atoms with Gasteiger partial charge in [-0.25, -0.2) is 0 Å². The molecule has 196 valence electrons. The molecular formula is C31H32N2O5. The monoisotopic (exact) mass is 512 g/mol. The highest BCUT2D eigenvalue weighted by Gasteiger charge is 2.46. The number of hydrogen-bond donors (Lipinski definition) is 1. The van der Waals surface area contributed by atoms with E-state index in [4.69, 9.17) is 9.47 Å². The van der Waals surface area contributed by atoms with Crippen LogP contribution in [0.15, 0.2) is 84.4 Å². The Morgan fingerprint density at radius 3 is 2.39 bits per heavy atom. The summed E-state index contributed by atoms with van der Waals surface area (Å²) in [5.74, 6) is -0.796. The first-order chi connectivity index (χ1) is 18.5. The lowest BCUT2D eigenvalue weighted by Crippen LogP contribution is -2.42. The summed E-state index contributed by atoms with van der Waals surface area (Å²) in [4.78, 5) is 30.2. The average Bonchev–Trinajstić information content (AvgIpc) is 3.21. The van der Waals surface area contributed by atoms with Crippen LogP contribution in [0.5, 0.6) is 5.75 Å². The number of amides is 1. The zero-order valence-electron chi connectivity index (χ0n) is 21.5. The first-order valence-electron chi connectivity index (χ1n) is 12.9. The Morgan fingerprint density at radius 2 is 1.68 bits per heavy atom. The Kier molecular flexibility index (Phi) is 7.86. The largest absolute Gasteiger partial charge is 0.507 e. The highest BCUT2D eigenvalue weighted by Crippen LogP contribution is 2.39. The highest BCUT2D eigenvalue weighted by atomic mass is 16.5. The number of ketones is 1. The number of Topliss-reactive ketones (excluding diaryl/α,β-unsaturated/α-hetero) is 1. The Balaban J connectivity index is 1.39. The fraction of sp³-hybridized carbons (Fsp3) is 0.290. The third-order valence-electron chi connectivity index (χ3n) is 7.03. The molecule has 2 saturated heterocycles. The molecule has 2 heterocycles. The minimum Gasteiger partial charge on any atom is -0.507 e. The molecule has 0 bridgehead atoms. The maximum Gasteiger partial charge on any atom is 0.295 e. The van der Waals surface area contributed by atoms with Gasteiger partial charge in [0.15, 0.2) is 0 Å². The second-order valence-electron chi connectivity index (χ2n) is 9.66. The van der Waals surface area contributed by atoms with Crippen molar-refractivity contribution in [3.8, 4) is 5.75 Å². The van der Waals surface area contributed by atoms with Crippen LogP contribution in [-0.4, -0.2) is 66.0 Å². The summed E-state index contributed by atoms with van der Waals surface area (Å²) >= 11 is 0. The second kappa shape index (κ2) is 11.6. The number of carbonyl (C=O) groups excluding carboxylic acids is 2.